The molecule has 0 aliphatic heterocycles. The van der Waals surface area contributed by atoms with Gasteiger partial charge in [0, 0.05) is 16.0 Å². The number of aliphatic hydroxyl groups excluding tert-OH is 1. The first-order valence-corrected chi connectivity index (χ1v) is 7.71. The van der Waals surface area contributed by atoms with Gasteiger partial charge in [0.25, 0.3) is 0 Å². The Labute approximate surface area is 103 Å². The van der Waals surface area contributed by atoms with Gasteiger partial charge >= 0.3 is 0 Å². The van der Waals surface area contributed by atoms with Gasteiger partial charge in [-0.15, -0.1) is 0 Å². The predicted molar refractivity (Wildman–Crippen MR) is 70.7 cm³/mol. The summed E-state index contributed by atoms with van der Waals surface area (Å²) in [5, 5.41) is 10.9. The van der Waals surface area contributed by atoms with E-state index in [1.54, 1.807) is 0 Å². The van der Waals surface area contributed by atoms with E-state index < -0.39 is 0 Å². The maximum atomic E-state index is 9.34. The number of hydrogen-bond donors (Lipinski definition) is 2. The molecule has 2 rings (SSSR count). The van der Waals surface area contributed by atoms with Gasteiger partial charge in [-0.25, -0.2) is 0 Å². The van der Waals surface area contributed by atoms with E-state index >= 15 is 0 Å². The Morgan fingerprint density at radius 2 is 1.75 bits per heavy atom. The van der Waals surface area contributed by atoms with E-state index in [1.165, 1.54) is 44.9 Å². The van der Waals surface area contributed by atoms with Crippen molar-refractivity contribution in [2.24, 2.45) is 5.73 Å². The first-order chi connectivity index (χ1) is 7.72. The van der Waals surface area contributed by atoms with Gasteiger partial charge in [0.2, 0.25) is 0 Å². The fraction of sp³-hybridized carbons (Fsp3) is 1.00. The van der Waals surface area contributed by atoms with Crippen LogP contribution in [0.2, 0.25) is 0 Å². The molecular weight excluding hydrogens is 218 g/mol. The minimum absolute atomic E-state index is 0.161. The Morgan fingerprint density at radius 3 is 2.44 bits per heavy atom. The molecule has 2 fully saturated rings. The first kappa shape index (κ1) is 12.7. The fourth-order valence-electron chi connectivity index (χ4n) is 3.07. The topological polar surface area (TPSA) is 46.2 Å². The van der Waals surface area contributed by atoms with Crippen molar-refractivity contribution < 1.29 is 5.11 Å². The third-order valence-electron chi connectivity index (χ3n) is 4.09. The van der Waals surface area contributed by atoms with Crippen molar-refractivity contribution in [1.82, 2.24) is 0 Å². The summed E-state index contributed by atoms with van der Waals surface area (Å²) in [5.41, 5.74) is 5.92. The van der Waals surface area contributed by atoms with E-state index in [4.69, 9.17) is 5.73 Å². The highest BCUT2D eigenvalue weighted by Crippen LogP contribution is 2.39. The molecule has 2 unspecified atom stereocenters. The quantitative estimate of drug-likeness (QED) is 0.801. The van der Waals surface area contributed by atoms with Crippen molar-refractivity contribution in [3.63, 3.8) is 0 Å². The Kier molecular flexibility index (Phi) is 4.57. The largest absolute Gasteiger partial charge is 0.394 e. The van der Waals surface area contributed by atoms with E-state index in [1.807, 2.05) is 0 Å². The highest BCUT2D eigenvalue weighted by atomic mass is 32.2. The molecule has 3 heteroatoms. The summed E-state index contributed by atoms with van der Waals surface area (Å²) in [6.45, 7) is 0.161. The number of nitrogens with two attached hydrogens (primary N) is 1. The number of aliphatic hydroxyl groups is 1. The summed E-state index contributed by atoms with van der Waals surface area (Å²) in [4.78, 5) is 0. The summed E-state index contributed by atoms with van der Waals surface area (Å²) in [6.07, 6.45) is 11.6. The van der Waals surface area contributed by atoms with Gasteiger partial charge in [0.1, 0.15) is 0 Å². The van der Waals surface area contributed by atoms with Gasteiger partial charge in [-0.1, -0.05) is 25.7 Å². The monoisotopic (exact) mass is 243 g/mol. The third-order valence-corrected chi connectivity index (χ3v) is 5.73. The predicted octanol–water partition coefficient (Wildman–Crippen LogP) is 2.68. The highest BCUT2D eigenvalue weighted by molar-refractivity contribution is 8.00. The van der Waals surface area contributed by atoms with Gasteiger partial charge in [-0.3, -0.25) is 0 Å². The summed E-state index contributed by atoms with van der Waals surface area (Å²) < 4.78 is 0. The smallest absolute Gasteiger partial charge is 0.0611 e. The summed E-state index contributed by atoms with van der Waals surface area (Å²) in [5.74, 6) is 0. The van der Waals surface area contributed by atoms with Crippen LogP contribution in [0.1, 0.15) is 57.8 Å². The second kappa shape index (κ2) is 5.74. The molecule has 16 heavy (non-hydrogen) atoms. The first-order valence-electron chi connectivity index (χ1n) is 6.77. The van der Waals surface area contributed by atoms with E-state index in [9.17, 15) is 5.11 Å². The highest BCUT2D eigenvalue weighted by Gasteiger charge is 2.33. The zero-order chi connectivity index (χ0) is 11.4. The van der Waals surface area contributed by atoms with E-state index in [2.05, 4.69) is 11.8 Å². The lowest BCUT2D eigenvalue weighted by molar-refractivity contribution is 0.159. The molecule has 2 nitrogen and oxygen atoms in total. The molecule has 0 heterocycles. The van der Waals surface area contributed by atoms with Gasteiger partial charge in [-0.2, -0.15) is 11.8 Å². The summed E-state index contributed by atoms with van der Waals surface area (Å²) in [7, 11) is 0. The van der Waals surface area contributed by atoms with Crippen molar-refractivity contribution in [3.05, 3.63) is 0 Å². The van der Waals surface area contributed by atoms with Crippen LogP contribution in [0, 0.1) is 0 Å². The molecule has 2 atom stereocenters. The molecular formula is C13H25NOS. The van der Waals surface area contributed by atoms with Crippen LogP contribution in [0.3, 0.4) is 0 Å². The average molecular weight is 243 g/mol. The van der Waals surface area contributed by atoms with E-state index in [0.29, 0.717) is 5.25 Å². The Balaban J connectivity index is 1.80. The van der Waals surface area contributed by atoms with Crippen LogP contribution >= 0.6 is 11.8 Å². The molecule has 0 aromatic carbocycles. The molecule has 0 radical (unpaired) electrons. The standard InChI is InChI=1S/C13H25NOS/c14-13(10-15)8-4-7-12(9-13)16-11-5-2-1-3-6-11/h11-12,15H,1-10,14H2. The molecule has 0 amide bonds. The lowest BCUT2D eigenvalue weighted by Crippen LogP contribution is -2.48. The van der Waals surface area contributed by atoms with Crippen molar-refractivity contribution in [3.8, 4) is 0 Å². The zero-order valence-electron chi connectivity index (χ0n) is 10.2. The Hall–Kier alpha value is 0.270. The second-order valence-corrected chi connectivity index (χ2v) is 7.24. The molecule has 2 saturated carbocycles. The van der Waals surface area contributed by atoms with Crippen molar-refractivity contribution in [2.75, 3.05) is 6.61 Å². The van der Waals surface area contributed by atoms with Crippen LogP contribution in [-0.4, -0.2) is 27.8 Å². The molecule has 0 bridgehead atoms. The molecule has 0 aromatic rings. The molecule has 0 saturated heterocycles. The van der Waals surface area contributed by atoms with Crippen LogP contribution in [0.4, 0.5) is 0 Å². The second-order valence-electron chi connectivity index (χ2n) is 5.63. The average Bonchev–Trinajstić information content (AvgIpc) is 2.30. The number of thioether (sulfide) groups is 1. The van der Waals surface area contributed by atoms with Crippen molar-refractivity contribution >= 4 is 11.8 Å². The molecule has 2 aliphatic rings. The SMILES string of the molecule is NC1(CO)CCCC(SC2CCCCC2)C1. The Morgan fingerprint density at radius 1 is 1.06 bits per heavy atom. The van der Waals surface area contributed by atoms with Gasteiger partial charge in [0.15, 0.2) is 0 Å². The maximum absolute atomic E-state index is 9.34. The summed E-state index contributed by atoms with van der Waals surface area (Å²) in [6, 6.07) is 0. The van der Waals surface area contributed by atoms with Crippen LogP contribution in [0.15, 0.2) is 0 Å². The molecule has 2 aliphatic carbocycles. The maximum Gasteiger partial charge on any atom is 0.0611 e. The minimum atomic E-state index is -0.273. The lowest BCUT2D eigenvalue weighted by atomic mass is 9.83. The normalized spacial score (nSPS) is 37.5. The van der Waals surface area contributed by atoms with Crippen LogP contribution < -0.4 is 5.73 Å². The van der Waals surface area contributed by atoms with E-state index in [0.717, 1.165) is 18.1 Å². The minimum Gasteiger partial charge on any atom is -0.394 e. The number of hydrogen-bond acceptors (Lipinski definition) is 3. The third kappa shape index (κ3) is 3.38. The molecule has 0 spiro atoms. The van der Waals surface area contributed by atoms with Crippen LogP contribution in [-0.2, 0) is 0 Å². The molecule has 0 aromatic heterocycles. The lowest BCUT2D eigenvalue weighted by Gasteiger charge is -2.38. The van der Waals surface area contributed by atoms with Gasteiger partial charge in [0.05, 0.1) is 6.61 Å². The van der Waals surface area contributed by atoms with Crippen LogP contribution in [0.5, 0.6) is 0 Å². The fourth-order valence-corrected chi connectivity index (χ4v) is 4.95. The summed E-state index contributed by atoms with van der Waals surface area (Å²) >= 11 is 2.17. The Bertz CT molecular complexity index is 218. The van der Waals surface area contributed by atoms with Gasteiger partial charge < -0.3 is 10.8 Å². The van der Waals surface area contributed by atoms with Gasteiger partial charge in [-0.05, 0) is 32.1 Å². The molecule has 94 valence electrons. The van der Waals surface area contributed by atoms with E-state index in [-0.39, 0.29) is 12.1 Å². The van der Waals surface area contributed by atoms with Crippen LogP contribution in [0.25, 0.3) is 0 Å². The zero-order valence-corrected chi connectivity index (χ0v) is 11.0. The molecule has 3 N–H and O–H groups in total. The van der Waals surface area contributed by atoms with Crippen molar-refractivity contribution in [1.29, 1.82) is 0 Å². The van der Waals surface area contributed by atoms with Crippen molar-refractivity contribution in [2.45, 2.75) is 73.8 Å². The number of rotatable bonds is 3.